The van der Waals surface area contributed by atoms with Gasteiger partial charge in [0.25, 0.3) is 0 Å². The number of hydrogen-bond donors (Lipinski definition) is 0. The molecule has 0 unspecified atom stereocenters. The van der Waals surface area contributed by atoms with Crippen molar-refractivity contribution in [2.24, 2.45) is 0 Å². The summed E-state index contributed by atoms with van der Waals surface area (Å²) in [5, 5.41) is 0. The fourth-order valence-electron chi connectivity index (χ4n) is 2.89. The molecule has 8 heteroatoms. The van der Waals surface area contributed by atoms with Gasteiger partial charge in [0.2, 0.25) is 5.78 Å². The molecule has 154 valence electrons. The third-order valence-corrected chi connectivity index (χ3v) is 4.21. The van der Waals surface area contributed by atoms with Gasteiger partial charge in [-0.05, 0) is 51.8 Å². The second-order valence-corrected chi connectivity index (χ2v) is 7.43. The summed E-state index contributed by atoms with van der Waals surface area (Å²) in [5.74, 6) is -0.204. The van der Waals surface area contributed by atoms with Crippen LogP contribution in [-0.2, 0) is 14.3 Å². The molecule has 0 aliphatic carbocycles. The predicted molar refractivity (Wildman–Crippen MR) is 101 cm³/mol. The maximum absolute atomic E-state index is 12.5. The Bertz CT molecular complexity index is 739. The molecule has 1 saturated heterocycles. The van der Waals surface area contributed by atoms with Gasteiger partial charge < -0.3 is 18.9 Å². The molecular formula is C20H27NO7. The monoisotopic (exact) mass is 393 g/mol. The zero-order chi connectivity index (χ0) is 20.9. The van der Waals surface area contributed by atoms with Gasteiger partial charge in [-0.15, -0.1) is 0 Å². The Morgan fingerprint density at radius 2 is 1.86 bits per heavy atom. The van der Waals surface area contributed by atoms with E-state index in [1.807, 2.05) is 0 Å². The van der Waals surface area contributed by atoms with Crippen LogP contribution in [-0.4, -0.2) is 61.8 Å². The second-order valence-electron chi connectivity index (χ2n) is 7.43. The lowest BCUT2D eigenvalue weighted by Crippen LogP contribution is -2.44. The molecule has 1 aromatic carbocycles. The van der Waals surface area contributed by atoms with Gasteiger partial charge >= 0.3 is 12.1 Å². The van der Waals surface area contributed by atoms with Gasteiger partial charge in [-0.3, -0.25) is 9.69 Å². The third kappa shape index (κ3) is 5.37. The van der Waals surface area contributed by atoms with Crippen LogP contribution in [0.3, 0.4) is 0 Å². The minimum atomic E-state index is -0.755. The van der Waals surface area contributed by atoms with Crippen LogP contribution in [0.4, 0.5) is 4.79 Å². The van der Waals surface area contributed by atoms with Crippen LogP contribution in [0, 0.1) is 0 Å². The Balaban J connectivity index is 2.01. The smallest absolute Gasteiger partial charge is 0.411 e. The van der Waals surface area contributed by atoms with Crippen molar-refractivity contribution < 1.29 is 33.3 Å². The van der Waals surface area contributed by atoms with E-state index < -0.39 is 36.1 Å². The van der Waals surface area contributed by atoms with Gasteiger partial charge in [0, 0.05) is 6.54 Å². The van der Waals surface area contributed by atoms with E-state index in [1.54, 1.807) is 32.9 Å². The molecule has 1 aromatic rings. The summed E-state index contributed by atoms with van der Waals surface area (Å²) in [6.07, 6.45) is 0.568. The average Bonchev–Trinajstić information content (AvgIpc) is 3.14. The van der Waals surface area contributed by atoms with Crippen molar-refractivity contribution >= 4 is 17.8 Å². The summed E-state index contributed by atoms with van der Waals surface area (Å²) in [6, 6.07) is 4.04. The Morgan fingerprint density at radius 3 is 2.46 bits per heavy atom. The van der Waals surface area contributed by atoms with Gasteiger partial charge in [0.05, 0.1) is 19.8 Å². The largest absolute Gasteiger partial charge is 0.497 e. The lowest BCUT2D eigenvalue weighted by atomic mass is 10.1. The lowest BCUT2D eigenvalue weighted by molar-refractivity contribution is -0.147. The number of rotatable bonds is 6. The fraction of sp³-hybridized carbons (Fsp3) is 0.550. The number of esters is 1. The number of hydrogen-bond acceptors (Lipinski definition) is 7. The number of methoxy groups -OCH3 is 2. The van der Waals surface area contributed by atoms with Crippen molar-refractivity contribution in [2.75, 3.05) is 27.4 Å². The molecule has 1 fully saturated rings. The van der Waals surface area contributed by atoms with Gasteiger partial charge in [-0.1, -0.05) is 0 Å². The summed E-state index contributed by atoms with van der Waals surface area (Å²) in [7, 11) is 2.93. The molecule has 1 amide bonds. The van der Waals surface area contributed by atoms with E-state index >= 15 is 0 Å². The summed E-state index contributed by atoms with van der Waals surface area (Å²) < 4.78 is 20.8. The molecule has 0 spiro atoms. The molecule has 0 N–H and O–H groups in total. The Hall–Kier alpha value is -2.77. The number of carbonyl (C=O) groups excluding carboxylic acids is 3. The summed E-state index contributed by atoms with van der Waals surface area (Å²) in [4.78, 5) is 38.6. The van der Waals surface area contributed by atoms with Crippen molar-refractivity contribution in [3.63, 3.8) is 0 Å². The van der Waals surface area contributed by atoms with Crippen LogP contribution < -0.4 is 9.47 Å². The van der Waals surface area contributed by atoms with Gasteiger partial charge in [0.1, 0.15) is 23.1 Å². The zero-order valence-electron chi connectivity index (χ0n) is 16.9. The standard InChI is InChI=1S/C20H27NO7/c1-20(2,3)28-19(24)21-10-6-7-15(21)18(23)27-12-16(22)14-11-13(25-4)8-9-17(14)26-5/h8-9,11,15H,6-7,10,12H2,1-5H3/t15-/m0/s1. The number of nitrogens with zero attached hydrogens (tertiary/aromatic N) is 1. The molecule has 1 heterocycles. The fourth-order valence-corrected chi connectivity index (χ4v) is 2.89. The molecule has 0 radical (unpaired) electrons. The molecule has 0 saturated carbocycles. The highest BCUT2D eigenvalue weighted by Crippen LogP contribution is 2.25. The van der Waals surface area contributed by atoms with Crippen molar-refractivity contribution in [1.29, 1.82) is 0 Å². The summed E-state index contributed by atoms with van der Waals surface area (Å²) in [6.45, 7) is 5.23. The van der Waals surface area contributed by atoms with E-state index in [0.717, 1.165) is 0 Å². The number of carbonyl (C=O) groups is 3. The summed E-state index contributed by atoms with van der Waals surface area (Å²) >= 11 is 0. The number of ketones is 1. The highest BCUT2D eigenvalue weighted by Gasteiger charge is 2.37. The number of ether oxygens (including phenoxy) is 4. The molecule has 1 aliphatic heterocycles. The van der Waals surface area contributed by atoms with E-state index in [4.69, 9.17) is 18.9 Å². The SMILES string of the molecule is COc1ccc(OC)c(C(=O)COC(=O)[C@@H]2CCCN2C(=O)OC(C)(C)C)c1. The van der Waals surface area contributed by atoms with Crippen LogP contribution in [0.25, 0.3) is 0 Å². The first-order chi connectivity index (χ1) is 13.2. The number of likely N-dealkylation sites (tertiary alicyclic amines) is 1. The van der Waals surface area contributed by atoms with E-state index in [2.05, 4.69) is 0 Å². The van der Waals surface area contributed by atoms with Crippen molar-refractivity contribution in [3.05, 3.63) is 23.8 Å². The first kappa shape index (κ1) is 21.5. The van der Waals surface area contributed by atoms with Crippen LogP contribution >= 0.6 is 0 Å². The zero-order valence-corrected chi connectivity index (χ0v) is 16.9. The predicted octanol–water partition coefficient (Wildman–Crippen LogP) is 2.83. The molecule has 1 aliphatic rings. The molecule has 0 bridgehead atoms. The van der Waals surface area contributed by atoms with Crippen molar-refractivity contribution in [3.8, 4) is 11.5 Å². The normalized spacial score (nSPS) is 16.5. The number of benzene rings is 1. The third-order valence-electron chi connectivity index (χ3n) is 4.21. The quantitative estimate of drug-likeness (QED) is 0.542. The van der Waals surface area contributed by atoms with Crippen LogP contribution in [0.5, 0.6) is 11.5 Å². The minimum absolute atomic E-state index is 0.255. The minimum Gasteiger partial charge on any atom is -0.497 e. The van der Waals surface area contributed by atoms with Gasteiger partial charge in [-0.2, -0.15) is 0 Å². The number of Topliss-reactive ketones (excluding diaryl/α,β-unsaturated/α-hetero) is 1. The van der Waals surface area contributed by atoms with Crippen molar-refractivity contribution in [1.82, 2.24) is 4.90 Å². The molecule has 1 atom stereocenters. The lowest BCUT2D eigenvalue weighted by Gasteiger charge is -2.27. The summed E-state index contributed by atoms with van der Waals surface area (Å²) in [5.41, 5.74) is -0.405. The highest BCUT2D eigenvalue weighted by molar-refractivity contribution is 6.01. The van der Waals surface area contributed by atoms with Gasteiger partial charge in [0.15, 0.2) is 6.61 Å². The van der Waals surface area contributed by atoms with E-state index in [9.17, 15) is 14.4 Å². The van der Waals surface area contributed by atoms with E-state index in [1.165, 1.54) is 25.2 Å². The first-order valence-corrected chi connectivity index (χ1v) is 9.07. The van der Waals surface area contributed by atoms with E-state index in [-0.39, 0.29) is 5.56 Å². The Morgan fingerprint density at radius 1 is 1.14 bits per heavy atom. The maximum Gasteiger partial charge on any atom is 0.411 e. The Kier molecular flexibility index (Phi) is 6.88. The molecule has 28 heavy (non-hydrogen) atoms. The molecule has 0 aromatic heterocycles. The van der Waals surface area contributed by atoms with Crippen LogP contribution in [0.1, 0.15) is 44.0 Å². The topological polar surface area (TPSA) is 91.4 Å². The van der Waals surface area contributed by atoms with E-state index in [0.29, 0.717) is 30.9 Å². The first-order valence-electron chi connectivity index (χ1n) is 9.07. The van der Waals surface area contributed by atoms with Crippen LogP contribution in [0.15, 0.2) is 18.2 Å². The van der Waals surface area contributed by atoms with Crippen molar-refractivity contribution in [2.45, 2.75) is 45.3 Å². The molecule has 2 rings (SSSR count). The molecule has 8 nitrogen and oxygen atoms in total. The Labute approximate surface area is 164 Å². The van der Waals surface area contributed by atoms with Crippen LogP contribution in [0.2, 0.25) is 0 Å². The molecular weight excluding hydrogens is 366 g/mol. The number of amides is 1. The average molecular weight is 393 g/mol. The highest BCUT2D eigenvalue weighted by atomic mass is 16.6. The maximum atomic E-state index is 12.5. The second kappa shape index (κ2) is 8.95. The van der Waals surface area contributed by atoms with Gasteiger partial charge in [-0.25, -0.2) is 9.59 Å².